The van der Waals surface area contributed by atoms with Crippen molar-refractivity contribution < 1.29 is 4.79 Å². The van der Waals surface area contributed by atoms with Gasteiger partial charge in [-0.2, -0.15) is 12.6 Å². The standard InChI is InChI=1S/C16H36N4OS/c1-3-7-17-8-5-13-20(12-4-2)14-6-16(21)19-10-9-18-11-15-22/h17-18,22H,3-15H2,1-2H3,(H,19,21). The summed E-state index contributed by atoms with van der Waals surface area (Å²) in [6, 6.07) is 0. The zero-order chi connectivity index (χ0) is 16.5. The molecule has 5 nitrogen and oxygen atoms in total. The van der Waals surface area contributed by atoms with Gasteiger partial charge in [-0.1, -0.05) is 13.8 Å². The second-order valence-electron chi connectivity index (χ2n) is 5.52. The van der Waals surface area contributed by atoms with Crippen molar-refractivity contribution >= 4 is 18.5 Å². The van der Waals surface area contributed by atoms with E-state index in [1.54, 1.807) is 0 Å². The van der Waals surface area contributed by atoms with Crippen LogP contribution in [0.4, 0.5) is 0 Å². The number of nitrogens with zero attached hydrogens (tertiary/aromatic N) is 1. The summed E-state index contributed by atoms with van der Waals surface area (Å²) >= 11 is 4.13. The van der Waals surface area contributed by atoms with Crippen molar-refractivity contribution in [1.29, 1.82) is 0 Å². The average molecular weight is 333 g/mol. The van der Waals surface area contributed by atoms with Crippen LogP contribution in [0.1, 0.15) is 39.5 Å². The maximum atomic E-state index is 11.8. The van der Waals surface area contributed by atoms with E-state index in [4.69, 9.17) is 0 Å². The van der Waals surface area contributed by atoms with Crippen molar-refractivity contribution in [2.75, 3.05) is 58.1 Å². The van der Waals surface area contributed by atoms with E-state index in [1.165, 1.54) is 6.42 Å². The van der Waals surface area contributed by atoms with Gasteiger partial charge in [0.1, 0.15) is 0 Å². The van der Waals surface area contributed by atoms with Crippen LogP contribution in [-0.2, 0) is 4.79 Å². The molecule has 3 N–H and O–H groups in total. The highest BCUT2D eigenvalue weighted by atomic mass is 32.1. The number of hydrogen-bond acceptors (Lipinski definition) is 5. The number of carbonyl (C=O) groups is 1. The number of carbonyl (C=O) groups excluding carboxylic acids is 1. The first-order valence-electron chi connectivity index (χ1n) is 8.75. The van der Waals surface area contributed by atoms with Gasteiger partial charge in [-0.05, 0) is 45.4 Å². The molecule has 22 heavy (non-hydrogen) atoms. The van der Waals surface area contributed by atoms with Crippen LogP contribution < -0.4 is 16.0 Å². The fourth-order valence-corrected chi connectivity index (χ4v) is 2.38. The second kappa shape index (κ2) is 17.1. The van der Waals surface area contributed by atoms with E-state index < -0.39 is 0 Å². The van der Waals surface area contributed by atoms with Gasteiger partial charge in [-0.25, -0.2) is 0 Å². The molecule has 0 saturated carbocycles. The van der Waals surface area contributed by atoms with E-state index in [9.17, 15) is 4.79 Å². The molecule has 0 radical (unpaired) electrons. The first-order valence-corrected chi connectivity index (χ1v) is 9.39. The van der Waals surface area contributed by atoms with Gasteiger partial charge in [0.25, 0.3) is 0 Å². The van der Waals surface area contributed by atoms with Gasteiger partial charge in [0.2, 0.25) is 5.91 Å². The molecule has 0 atom stereocenters. The fourth-order valence-electron chi connectivity index (χ4n) is 2.22. The molecular formula is C16H36N4OS. The van der Waals surface area contributed by atoms with Gasteiger partial charge >= 0.3 is 0 Å². The molecule has 1 amide bonds. The molecule has 0 fully saturated rings. The summed E-state index contributed by atoms with van der Waals surface area (Å²) in [6.45, 7) is 11.9. The van der Waals surface area contributed by atoms with Gasteiger partial charge in [-0.3, -0.25) is 4.79 Å². The predicted octanol–water partition coefficient (Wildman–Crippen LogP) is 1.11. The van der Waals surface area contributed by atoms with E-state index in [-0.39, 0.29) is 5.91 Å². The summed E-state index contributed by atoms with van der Waals surface area (Å²) in [6.07, 6.45) is 4.06. The molecule has 0 aromatic rings. The molecular weight excluding hydrogens is 296 g/mol. The van der Waals surface area contributed by atoms with Crippen LogP contribution in [0.25, 0.3) is 0 Å². The third-order valence-electron chi connectivity index (χ3n) is 3.36. The Hall–Kier alpha value is -0.300. The zero-order valence-corrected chi connectivity index (χ0v) is 15.4. The van der Waals surface area contributed by atoms with E-state index in [1.807, 2.05) is 0 Å². The molecule has 0 aromatic heterocycles. The lowest BCUT2D eigenvalue weighted by Crippen LogP contribution is -2.36. The van der Waals surface area contributed by atoms with Crippen LogP contribution >= 0.6 is 12.6 Å². The number of hydrogen-bond donors (Lipinski definition) is 4. The van der Waals surface area contributed by atoms with Crippen molar-refractivity contribution in [3.8, 4) is 0 Å². The number of amides is 1. The lowest BCUT2D eigenvalue weighted by Gasteiger charge is -2.21. The van der Waals surface area contributed by atoms with Crippen molar-refractivity contribution in [3.05, 3.63) is 0 Å². The summed E-state index contributed by atoms with van der Waals surface area (Å²) in [5.41, 5.74) is 0. The Labute approximate surface area is 142 Å². The Morgan fingerprint density at radius 1 is 0.909 bits per heavy atom. The van der Waals surface area contributed by atoms with Gasteiger partial charge in [0.15, 0.2) is 0 Å². The summed E-state index contributed by atoms with van der Waals surface area (Å²) in [7, 11) is 0. The molecule has 6 heteroatoms. The highest BCUT2D eigenvalue weighted by molar-refractivity contribution is 7.80. The molecule has 0 aliphatic heterocycles. The molecule has 132 valence electrons. The molecule has 0 heterocycles. The summed E-state index contributed by atoms with van der Waals surface area (Å²) in [5, 5.41) is 9.59. The van der Waals surface area contributed by atoms with Crippen LogP contribution in [0.2, 0.25) is 0 Å². The molecule has 0 spiro atoms. The molecule has 0 saturated heterocycles. The zero-order valence-electron chi connectivity index (χ0n) is 14.5. The quantitative estimate of drug-likeness (QED) is 0.253. The predicted molar refractivity (Wildman–Crippen MR) is 98.9 cm³/mol. The van der Waals surface area contributed by atoms with Gasteiger partial charge in [-0.15, -0.1) is 0 Å². The normalized spacial score (nSPS) is 11.1. The van der Waals surface area contributed by atoms with Crippen LogP contribution in [0, 0.1) is 0 Å². The molecule has 0 aliphatic carbocycles. The highest BCUT2D eigenvalue weighted by Gasteiger charge is 2.07. The third-order valence-corrected chi connectivity index (χ3v) is 3.59. The minimum absolute atomic E-state index is 0.151. The van der Waals surface area contributed by atoms with Crippen LogP contribution in [-0.4, -0.2) is 68.9 Å². The first-order chi connectivity index (χ1) is 10.7. The van der Waals surface area contributed by atoms with Gasteiger partial charge in [0, 0.05) is 38.4 Å². The number of thiol groups is 1. The SMILES string of the molecule is CCCNCCCN(CCC)CCC(=O)NCCNCCS. The number of nitrogens with one attached hydrogen (secondary N) is 3. The molecule has 0 aliphatic rings. The Morgan fingerprint density at radius 2 is 1.68 bits per heavy atom. The van der Waals surface area contributed by atoms with Crippen LogP contribution in [0.3, 0.4) is 0 Å². The van der Waals surface area contributed by atoms with Gasteiger partial charge < -0.3 is 20.9 Å². The van der Waals surface area contributed by atoms with E-state index in [0.29, 0.717) is 13.0 Å². The van der Waals surface area contributed by atoms with Crippen molar-refractivity contribution in [2.45, 2.75) is 39.5 Å². The molecule has 0 unspecified atom stereocenters. The summed E-state index contributed by atoms with van der Waals surface area (Å²) in [5.74, 6) is 0.977. The van der Waals surface area contributed by atoms with E-state index >= 15 is 0 Å². The Kier molecular flexibility index (Phi) is 16.8. The van der Waals surface area contributed by atoms with Crippen LogP contribution in [0.15, 0.2) is 0 Å². The fraction of sp³-hybridized carbons (Fsp3) is 0.938. The van der Waals surface area contributed by atoms with Crippen molar-refractivity contribution in [1.82, 2.24) is 20.9 Å². The molecule has 0 aromatic carbocycles. The van der Waals surface area contributed by atoms with E-state index in [0.717, 1.165) is 64.4 Å². The van der Waals surface area contributed by atoms with Crippen molar-refractivity contribution in [2.24, 2.45) is 0 Å². The molecule has 0 rings (SSSR count). The Bertz CT molecular complexity index is 254. The third kappa shape index (κ3) is 14.6. The lowest BCUT2D eigenvalue weighted by molar-refractivity contribution is -0.121. The highest BCUT2D eigenvalue weighted by Crippen LogP contribution is 1.96. The monoisotopic (exact) mass is 332 g/mol. The maximum Gasteiger partial charge on any atom is 0.221 e. The first kappa shape index (κ1) is 21.7. The topological polar surface area (TPSA) is 56.4 Å². The van der Waals surface area contributed by atoms with Crippen molar-refractivity contribution in [3.63, 3.8) is 0 Å². The average Bonchev–Trinajstić information content (AvgIpc) is 2.52. The smallest absolute Gasteiger partial charge is 0.221 e. The second-order valence-corrected chi connectivity index (χ2v) is 5.97. The Morgan fingerprint density at radius 3 is 2.36 bits per heavy atom. The lowest BCUT2D eigenvalue weighted by atomic mass is 10.3. The maximum absolute atomic E-state index is 11.8. The summed E-state index contributed by atoms with van der Waals surface area (Å²) in [4.78, 5) is 14.2. The number of rotatable bonds is 16. The molecule has 0 bridgehead atoms. The summed E-state index contributed by atoms with van der Waals surface area (Å²) < 4.78 is 0. The minimum atomic E-state index is 0.151. The Balaban J connectivity index is 3.67. The minimum Gasteiger partial charge on any atom is -0.355 e. The largest absolute Gasteiger partial charge is 0.355 e. The van der Waals surface area contributed by atoms with E-state index in [2.05, 4.69) is 47.3 Å². The van der Waals surface area contributed by atoms with Crippen LogP contribution in [0.5, 0.6) is 0 Å². The van der Waals surface area contributed by atoms with Gasteiger partial charge in [0.05, 0.1) is 0 Å².